The number of imide groups is 1. The number of nitrogens with one attached hydrogen (secondary N) is 2. The van der Waals surface area contributed by atoms with Gasteiger partial charge in [-0.25, -0.2) is 0 Å². The van der Waals surface area contributed by atoms with E-state index < -0.39 is 6.04 Å². The van der Waals surface area contributed by atoms with Crippen LogP contribution in [0.5, 0.6) is 0 Å². The molecule has 1 saturated heterocycles. The van der Waals surface area contributed by atoms with Gasteiger partial charge in [-0.3, -0.25) is 19.3 Å². The van der Waals surface area contributed by atoms with Crippen LogP contribution in [0.4, 0.5) is 0 Å². The van der Waals surface area contributed by atoms with Gasteiger partial charge in [0, 0.05) is 26.1 Å². The molecule has 0 aromatic rings. The third-order valence-electron chi connectivity index (χ3n) is 3.10. The molecule has 3 amide bonds. The van der Waals surface area contributed by atoms with E-state index in [2.05, 4.69) is 10.6 Å². The lowest BCUT2D eigenvalue weighted by Crippen LogP contribution is -2.44. The lowest BCUT2D eigenvalue weighted by Gasteiger charge is -2.21. The average molecular weight is 255 g/mol. The average Bonchev–Trinajstić information content (AvgIpc) is 2.59. The lowest BCUT2D eigenvalue weighted by molar-refractivity contribution is -0.141. The second-order valence-corrected chi connectivity index (χ2v) is 4.55. The molecule has 18 heavy (non-hydrogen) atoms. The summed E-state index contributed by atoms with van der Waals surface area (Å²) >= 11 is 0. The van der Waals surface area contributed by atoms with E-state index in [9.17, 15) is 14.4 Å². The maximum Gasteiger partial charge on any atom is 0.247 e. The van der Waals surface area contributed by atoms with Crippen molar-refractivity contribution in [3.8, 4) is 0 Å². The fourth-order valence-corrected chi connectivity index (χ4v) is 1.94. The maximum absolute atomic E-state index is 12.0. The smallest absolute Gasteiger partial charge is 0.247 e. The molecule has 0 aromatic heterocycles. The van der Waals surface area contributed by atoms with Gasteiger partial charge in [-0.05, 0) is 13.3 Å². The van der Waals surface area contributed by atoms with Gasteiger partial charge in [-0.2, -0.15) is 0 Å². The van der Waals surface area contributed by atoms with Crippen molar-refractivity contribution >= 4 is 17.7 Å². The number of rotatable bonds is 6. The molecule has 2 atom stereocenters. The fraction of sp³-hybridized carbons (Fsp3) is 0.750. The monoisotopic (exact) mass is 255 g/mol. The Hall–Kier alpha value is -1.43. The summed E-state index contributed by atoms with van der Waals surface area (Å²) in [5, 5.41) is 5.63. The standard InChI is InChI=1S/C12H21N3O3/c1-4-8(2)15-11(17)7-10(12(15)18)14-6-5-13-9(3)16/h8,10,14H,4-7H2,1-3H3,(H,13,16). The van der Waals surface area contributed by atoms with Gasteiger partial charge in [-0.15, -0.1) is 0 Å². The Bertz CT molecular complexity index is 343. The zero-order valence-corrected chi connectivity index (χ0v) is 11.2. The van der Waals surface area contributed by atoms with Crippen molar-refractivity contribution in [2.24, 2.45) is 0 Å². The van der Waals surface area contributed by atoms with Crippen molar-refractivity contribution in [3.05, 3.63) is 0 Å². The van der Waals surface area contributed by atoms with Crippen molar-refractivity contribution in [2.75, 3.05) is 13.1 Å². The predicted octanol–water partition coefficient (Wildman–Crippen LogP) is -0.362. The molecule has 0 spiro atoms. The molecule has 1 heterocycles. The Morgan fingerprint density at radius 3 is 2.67 bits per heavy atom. The molecule has 0 aromatic carbocycles. The molecule has 1 fully saturated rings. The molecular formula is C12H21N3O3. The minimum atomic E-state index is -0.444. The minimum Gasteiger partial charge on any atom is -0.355 e. The number of carbonyl (C=O) groups excluding carboxylic acids is 3. The van der Waals surface area contributed by atoms with E-state index in [0.717, 1.165) is 6.42 Å². The van der Waals surface area contributed by atoms with Crippen LogP contribution in [0.25, 0.3) is 0 Å². The number of carbonyl (C=O) groups is 3. The molecule has 6 nitrogen and oxygen atoms in total. The van der Waals surface area contributed by atoms with Gasteiger partial charge in [0.15, 0.2) is 0 Å². The van der Waals surface area contributed by atoms with Crippen LogP contribution >= 0.6 is 0 Å². The van der Waals surface area contributed by atoms with Crippen molar-refractivity contribution in [3.63, 3.8) is 0 Å². The summed E-state index contributed by atoms with van der Waals surface area (Å²) in [5.74, 6) is -0.379. The number of nitrogens with zero attached hydrogens (tertiary/aromatic N) is 1. The normalized spacial score (nSPS) is 21.3. The quantitative estimate of drug-likeness (QED) is 0.502. The number of hydrogen-bond donors (Lipinski definition) is 2. The van der Waals surface area contributed by atoms with E-state index in [0.29, 0.717) is 13.1 Å². The molecule has 2 N–H and O–H groups in total. The summed E-state index contributed by atoms with van der Waals surface area (Å²) in [4.78, 5) is 35.7. The zero-order chi connectivity index (χ0) is 13.7. The second-order valence-electron chi connectivity index (χ2n) is 4.55. The van der Waals surface area contributed by atoms with Gasteiger partial charge >= 0.3 is 0 Å². The summed E-state index contributed by atoms with van der Waals surface area (Å²) in [7, 11) is 0. The first kappa shape index (κ1) is 14.6. The molecule has 6 heteroatoms. The van der Waals surface area contributed by atoms with Crippen LogP contribution < -0.4 is 10.6 Å². The summed E-state index contributed by atoms with van der Waals surface area (Å²) in [6, 6.07) is -0.493. The molecular weight excluding hydrogens is 234 g/mol. The van der Waals surface area contributed by atoms with Crippen LogP contribution in [0.3, 0.4) is 0 Å². The zero-order valence-electron chi connectivity index (χ0n) is 11.2. The van der Waals surface area contributed by atoms with Crippen molar-refractivity contribution in [1.29, 1.82) is 0 Å². The Morgan fingerprint density at radius 2 is 2.11 bits per heavy atom. The van der Waals surface area contributed by atoms with Crippen molar-refractivity contribution < 1.29 is 14.4 Å². The van der Waals surface area contributed by atoms with Gasteiger partial charge in [-0.1, -0.05) is 6.92 Å². The highest BCUT2D eigenvalue weighted by molar-refractivity contribution is 6.05. The molecule has 2 unspecified atom stereocenters. The van der Waals surface area contributed by atoms with Crippen LogP contribution in [0, 0.1) is 0 Å². The molecule has 1 rings (SSSR count). The van der Waals surface area contributed by atoms with Gasteiger partial charge < -0.3 is 10.6 Å². The maximum atomic E-state index is 12.0. The molecule has 0 aliphatic carbocycles. The summed E-state index contributed by atoms with van der Waals surface area (Å²) in [6.07, 6.45) is 0.972. The third kappa shape index (κ3) is 3.53. The van der Waals surface area contributed by atoms with E-state index in [1.165, 1.54) is 11.8 Å². The molecule has 1 aliphatic heterocycles. The molecule has 1 aliphatic rings. The second kappa shape index (κ2) is 6.49. The van der Waals surface area contributed by atoms with Crippen LogP contribution in [0.1, 0.15) is 33.6 Å². The van der Waals surface area contributed by atoms with Gasteiger partial charge in [0.25, 0.3) is 0 Å². The highest BCUT2D eigenvalue weighted by Gasteiger charge is 2.40. The molecule has 0 bridgehead atoms. The van der Waals surface area contributed by atoms with Crippen LogP contribution in [0.15, 0.2) is 0 Å². The van der Waals surface area contributed by atoms with Crippen LogP contribution in [-0.4, -0.2) is 47.8 Å². The van der Waals surface area contributed by atoms with E-state index in [-0.39, 0.29) is 30.2 Å². The largest absolute Gasteiger partial charge is 0.355 e. The number of likely N-dealkylation sites (tertiary alicyclic amines) is 1. The number of hydrogen-bond acceptors (Lipinski definition) is 4. The highest BCUT2D eigenvalue weighted by atomic mass is 16.2. The van der Waals surface area contributed by atoms with Crippen molar-refractivity contribution in [2.45, 2.75) is 45.7 Å². The highest BCUT2D eigenvalue weighted by Crippen LogP contribution is 2.17. The topological polar surface area (TPSA) is 78.5 Å². The first-order chi connectivity index (χ1) is 8.47. The third-order valence-corrected chi connectivity index (χ3v) is 3.10. The molecule has 102 valence electrons. The van der Waals surface area contributed by atoms with Crippen LogP contribution in [0.2, 0.25) is 0 Å². The molecule has 0 radical (unpaired) electrons. The Kier molecular flexibility index (Phi) is 5.27. The minimum absolute atomic E-state index is 0.0489. The van der Waals surface area contributed by atoms with Gasteiger partial charge in [0.2, 0.25) is 17.7 Å². The van der Waals surface area contributed by atoms with E-state index in [1.807, 2.05) is 13.8 Å². The Labute approximate surface area is 107 Å². The first-order valence-corrected chi connectivity index (χ1v) is 6.31. The van der Waals surface area contributed by atoms with Crippen LogP contribution in [-0.2, 0) is 14.4 Å². The van der Waals surface area contributed by atoms with Gasteiger partial charge in [0.05, 0.1) is 12.5 Å². The Morgan fingerprint density at radius 1 is 1.44 bits per heavy atom. The molecule has 0 saturated carbocycles. The first-order valence-electron chi connectivity index (χ1n) is 6.31. The summed E-state index contributed by atoms with van der Waals surface area (Å²) in [6.45, 7) is 6.20. The summed E-state index contributed by atoms with van der Waals surface area (Å²) < 4.78 is 0. The van der Waals surface area contributed by atoms with Crippen molar-refractivity contribution in [1.82, 2.24) is 15.5 Å². The van der Waals surface area contributed by atoms with E-state index in [1.54, 1.807) is 0 Å². The lowest BCUT2D eigenvalue weighted by atomic mass is 10.2. The van der Waals surface area contributed by atoms with E-state index in [4.69, 9.17) is 0 Å². The Balaban J connectivity index is 2.43. The predicted molar refractivity (Wildman–Crippen MR) is 66.7 cm³/mol. The fourth-order valence-electron chi connectivity index (χ4n) is 1.94. The number of amides is 3. The SMILES string of the molecule is CCC(C)N1C(=O)CC(NCCNC(C)=O)C1=O. The van der Waals surface area contributed by atoms with E-state index >= 15 is 0 Å². The summed E-state index contributed by atoms with van der Waals surface area (Å²) in [5.41, 5.74) is 0. The van der Waals surface area contributed by atoms with Gasteiger partial charge in [0.1, 0.15) is 0 Å².